The van der Waals surface area contributed by atoms with E-state index in [1.165, 1.54) is 288 Å². The van der Waals surface area contributed by atoms with E-state index in [0.717, 1.165) is 0 Å². The van der Waals surface area contributed by atoms with Crippen LogP contribution in [-0.4, -0.2) is 0 Å². The largest absolute Gasteiger partial charge is 0.0622 e. The monoisotopic (exact) mass is 1750 g/mol. The van der Waals surface area contributed by atoms with Crippen LogP contribution in [-0.2, 0) is 5.41 Å². The molecule has 0 aliphatic carbocycles. The Balaban J connectivity index is 0.000000107. The summed E-state index contributed by atoms with van der Waals surface area (Å²) < 4.78 is 0. The third-order valence-corrected chi connectivity index (χ3v) is 29.8. The van der Waals surface area contributed by atoms with Crippen molar-refractivity contribution < 1.29 is 0 Å². The lowest BCUT2D eigenvalue weighted by Crippen LogP contribution is -2.10. The first kappa shape index (κ1) is 81.6. The van der Waals surface area contributed by atoms with Crippen molar-refractivity contribution in [2.75, 3.05) is 0 Å². The van der Waals surface area contributed by atoms with Gasteiger partial charge in [0.05, 0.1) is 0 Å². The second-order valence-corrected chi connectivity index (χ2v) is 38.7. The number of aryl methyl sites for hydroxylation is 2. The molecule has 0 nitrogen and oxygen atoms in total. The molecule has 0 heterocycles. The van der Waals surface area contributed by atoms with Crippen molar-refractivity contribution in [3.63, 3.8) is 0 Å². The Hall–Kier alpha value is -17.2. The Morgan fingerprint density at radius 2 is 0.333 bits per heavy atom. The van der Waals surface area contributed by atoms with Gasteiger partial charge in [0.1, 0.15) is 0 Å². The molecular weight excluding hydrogens is 1660 g/mol. The molecule has 0 saturated heterocycles. The maximum Gasteiger partial charge on any atom is -0.00201 e. The minimum absolute atomic E-state index is 0.0313. The molecule has 0 aliphatic heterocycles. The van der Waals surface area contributed by atoms with Gasteiger partial charge in [-0.25, -0.2) is 0 Å². The highest BCUT2D eigenvalue weighted by molar-refractivity contribution is 6.39. The Bertz CT molecular complexity index is 9880. The zero-order valence-corrected chi connectivity index (χ0v) is 77.6. The molecule has 138 heavy (non-hydrogen) atoms. The van der Waals surface area contributed by atoms with Gasteiger partial charge in [-0.1, -0.05) is 451 Å². The summed E-state index contributed by atoms with van der Waals surface area (Å²) in [6.45, 7) is 11.4. The van der Waals surface area contributed by atoms with Crippen molar-refractivity contribution in [1.82, 2.24) is 0 Å². The lowest BCUT2D eigenvalue weighted by atomic mass is 9.80. The third kappa shape index (κ3) is 13.3. The molecule has 0 aromatic heterocycles. The first-order chi connectivity index (χ1) is 68.0. The summed E-state index contributed by atoms with van der Waals surface area (Å²) in [6.07, 6.45) is 0. The van der Waals surface area contributed by atoms with Crippen molar-refractivity contribution in [2.24, 2.45) is 0 Å². The molecule has 0 amide bonds. The molecule has 0 heteroatoms. The first-order valence-electron chi connectivity index (χ1n) is 48.4. The number of fused-ring (bicyclic) bond motifs is 30. The predicted octanol–water partition coefficient (Wildman–Crippen LogP) is 39.4. The Labute approximate surface area is 801 Å². The standard InChI is InChI=1S/C48H30.C46H34.C44H30/c1-4-14-31(15-5-1)35-25-27-40-42(28-35)47(34-19-8-3-9-20-34)44-29-41-38-23-13-12-22-37(38)39-26-24-32-16-10-11-21-36(32)48(39)43(41)30-45(44)46(40)33-17-6-2-7-18-33;1-46(2,3)32-23-25-37-39(26-32)44(31-17-8-5-9-18-31)41-27-38-35-21-13-12-20-34(35)36-24-22-29-14-10-11-19-33(29)45(36)40(38)28-42(41)43(37)30-15-6-4-7-16-30;1-27-23-37-38(24-28(27)2)43(31-16-7-4-8-17-31)41-26-39-36(25-40(41)42(37)30-14-5-3-6-15-30)34-20-12-11-19-33(34)35-22-21-29-13-9-10-18-32(29)44(35)39/h1-30H;4-28H,1-3H3;3-26H,1-2H3. The summed E-state index contributed by atoms with van der Waals surface area (Å²) >= 11 is 0. The normalized spacial score (nSPS) is 11.9. The van der Waals surface area contributed by atoms with Gasteiger partial charge in [-0.05, 0) is 356 Å². The zero-order chi connectivity index (χ0) is 92.0. The molecule has 0 saturated carbocycles. The van der Waals surface area contributed by atoms with Gasteiger partial charge in [0.15, 0.2) is 0 Å². The predicted molar refractivity (Wildman–Crippen MR) is 601 cm³/mol. The summed E-state index contributed by atoms with van der Waals surface area (Å²) in [5, 5.41) is 46.7. The van der Waals surface area contributed by atoms with Crippen molar-refractivity contribution in [2.45, 2.75) is 40.0 Å². The highest BCUT2D eigenvalue weighted by Gasteiger charge is 2.28. The van der Waals surface area contributed by atoms with Crippen molar-refractivity contribution in [3.8, 4) is 77.9 Å². The van der Waals surface area contributed by atoms with Gasteiger partial charge in [-0.15, -0.1) is 0 Å². The minimum atomic E-state index is 0.0313. The van der Waals surface area contributed by atoms with Gasteiger partial charge in [0.2, 0.25) is 0 Å². The average Bonchev–Trinajstić information content (AvgIpc) is 0.709. The van der Waals surface area contributed by atoms with Gasteiger partial charge >= 0.3 is 0 Å². The molecule has 0 spiro atoms. The van der Waals surface area contributed by atoms with Gasteiger partial charge in [-0.3, -0.25) is 0 Å². The lowest BCUT2D eigenvalue weighted by molar-refractivity contribution is 0.591. The van der Waals surface area contributed by atoms with E-state index in [1.54, 1.807) is 0 Å². The van der Waals surface area contributed by atoms with Crippen LogP contribution in [0.2, 0.25) is 0 Å². The van der Waals surface area contributed by atoms with E-state index in [1.807, 2.05) is 0 Å². The fourth-order valence-corrected chi connectivity index (χ4v) is 23.4. The van der Waals surface area contributed by atoms with Crippen molar-refractivity contribution >= 4 is 194 Å². The zero-order valence-electron chi connectivity index (χ0n) is 77.6. The molecule has 28 rings (SSSR count). The smallest absolute Gasteiger partial charge is 0.00201 e. The van der Waals surface area contributed by atoms with Gasteiger partial charge in [-0.2, -0.15) is 0 Å². The van der Waals surface area contributed by atoms with E-state index in [0.29, 0.717) is 0 Å². The summed E-state index contributed by atoms with van der Waals surface area (Å²) in [6, 6.07) is 178. The van der Waals surface area contributed by atoms with Crippen LogP contribution in [0.1, 0.15) is 37.5 Å². The SMILES string of the molecule is CC(C)(C)c1ccc2c(-c3ccccc3)c3cc4c(cc3c(-c3ccccc3)c2c1)c1ccccc1c1ccc2ccccc2c14.Cc1cc2c(-c3ccccc3)c3cc4c5ccccc5c5ccc6ccccc6c5c4cc3c(-c3ccccc3)c2cc1C.c1ccc(-c2ccc3c(-c4ccccc4)c4cc5c(cc4c(-c4ccccc4)c3c2)c2ccccc2c2ccc3ccccc3c25)cc1. The summed E-state index contributed by atoms with van der Waals surface area (Å²) in [7, 11) is 0. The van der Waals surface area contributed by atoms with Gasteiger partial charge in [0, 0.05) is 0 Å². The second-order valence-electron chi connectivity index (χ2n) is 38.7. The number of rotatable bonds is 7. The van der Waals surface area contributed by atoms with Crippen molar-refractivity contribution in [1.29, 1.82) is 0 Å². The molecule has 28 aromatic rings. The van der Waals surface area contributed by atoms with E-state index >= 15 is 0 Å². The Morgan fingerprint density at radius 1 is 0.123 bits per heavy atom. The molecule has 28 aromatic carbocycles. The van der Waals surface area contributed by atoms with Crippen LogP contribution in [0.5, 0.6) is 0 Å². The van der Waals surface area contributed by atoms with Crippen LogP contribution in [0.15, 0.2) is 479 Å². The molecule has 0 atom stereocenters. The Kier molecular flexibility index (Phi) is 19.4. The van der Waals surface area contributed by atoms with E-state index in [9.17, 15) is 0 Å². The molecule has 0 unspecified atom stereocenters. The fraction of sp³-hybridized carbons (Fsp3) is 0.0435. The van der Waals surface area contributed by atoms with E-state index in [2.05, 4.69) is 514 Å². The molecule has 0 fully saturated rings. The Morgan fingerprint density at radius 3 is 0.623 bits per heavy atom. The van der Waals surface area contributed by atoms with Crippen LogP contribution in [0.25, 0.3) is 272 Å². The topological polar surface area (TPSA) is 0 Å². The molecule has 0 radical (unpaired) electrons. The van der Waals surface area contributed by atoms with E-state index < -0.39 is 0 Å². The number of benzene rings is 28. The highest BCUT2D eigenvalue weighted by Crippen LogP contribution is 2.55. The minimum Gasteiger partial charge on any atom is -0.0622 e. The third-order valence-electron chi connectivity index (χ3n) is 29.8. The molecule has 0 aliphatic rings. The number of hydrogen-bond acceptors (Lipinski definition) is 0. The van der Waals surface area contributed by atoms with Crippen LogP contribution in [0.3, 0.4) is 0 Å². The van der Waals surface area contributed by atoms with Crippen LogP contribution in [0, 0.1) is 13.8 Å². The molecular formula is C138H94. The van der Waals surface area contributed by atoms with Crippen molar-refractivity contribution in [3.05, 3.63) is 496 Å². The fourth-order valence-electron chi connectivity index (χ4n) is 23.4. The summed E-state index contributed by atoms with van der Waals surface area (Å²) in [4.78, 5) is 0. The van der Waals surface area contributed by atoms with E-state index in [-0.39, 0.29) is 5.41 Å². The van der Waals surface area contributed by atoms with Crippen LogP contribution >= 0.6 is 0 Å². The second kappa shape index (κ2) is 32.9. The highest BCUT2D eigenvalue weighted by atomic mass is 14.3. The van der Waals surface area contributed by atoms with Crippen LogP contribution in [0.4, 0.5) is 0 Å². The van der Waals surface area contributed by atoms with Gasteiger partial charge < -0.3 is 0 Å². The first-order valence-corrected chi connectivity index (χ1v) is 48.4. The average molecular weight is 1750 g/mol. The maximum atomic E-state index is 2.51. The van der Waals surface area contributed by atoms with Gasteiger partial charge in [0.25, 0.3) is 0 Å². The molecule has 646 valence electrons. The summed E-state index contributed by atoms with van der Waals surface area (Å²) in [5.41, 5.74) is 21.7. The molecule has 0 N–H and O–H groups in total. The molecule has 0 bridgehead atoms. The summed E-state index contributed by atoms with van der Waals surface area (Å²) in [5.74, 6) is 0. The quantitative estimate of drug-likeness (QED) is 0.110. The van der Waals surface area contributed by atoms with Crippen LogP contribution < -0.4 is 0 Å². The lowest BCUT2D eigenvalue weighted by Gasteiger charge is -2.23. The number of hydrogen-bond donors (Lipinski definition) is 0. The van der Waals surface area contributed by atoms with E-state index in [4.69, 9.17) is 0 Å². The maximum absolute atomic E-state index is 2.51.